The molecule has 4 rings (SSSR count). The van der Waals surface area contributed by atoms with Gasteiger partial charge in [0.25, 0.3) is 5.56 Å². The number of carbonyl (C=O) groups excluding carboxylic acids is 1. The lowest BCUT2D eigenvalue weighted by Gasteiger charge is -2.19. The molecule has 10 heteroatoms. The SMILES string of the molecule is COc1ccc(S(=O)(=O)c2c(C)cc(C)n(CC(=O)Nc3ccc4c(c3)OCCO4)c2=O)cc1. The van der Waals surface area contributed by atoms with Gasteiger partial charge >= 0.3 is 0 Å². The maximum absolute atomic E-state index is 13.3. The van der Waals surface area contributed by atoms with Crippen LogP contribution in [0.4, 0.5) is 5.69 Å². The lowest BCUT2D eigenvalue weighted by molar-refractivity contribution is -0.116. The van der Waals surface area contributed by atoms with Crippen molar-refractivity contribution in [3.63, 3.8) is 0 Å². The summed E-state index contributed by atoms with van der Waals surface area (Å²) in [5.74, 6) is 1.11. The zero-order valence-electron chi connectivity index (χ0n) is 19.0. The lowest BCUT2D eigenvalue weighted by atomic mass is 10.2. The Morgan fingerprint density at radius 3 is 2.38 bits per heavy atom. The van der Waals surface area contributed by atoms with Crippen LogP contribution < -0.4 is 25.1 Å². The number of benzene rings is 2. The number of nitrogens with one attached hydrogen (secondary N) is 1. The summed E-state index contributed by atoms with van der Waals surface area (Å²) < 4.78 is 43.8. The number of rotatable bonds is 6. The first-order chi connectivity index (χ1) is 16.2. The van der Waals surface area contributed by atoms with Crippen molar-refractivity contribution >= 4 is 21.4 Å². The smallest absolute Gasteiger partial charge is 0.270 e. The fourth-order valence-electron chi connectivity index (χ4n) is 3.77. The highest BCUT2D eigenvalue weighted by molar-refractivity contribution is 7.91. The molecule has 0 fully saturated rings. The number of methoxy groups -OCH3 is 1. The first-order valence-electron chi connectivity index (χ1n) is 10.5. The quantitative estimate of drug-likeness (QED) is 0.572. The molecule has 2 aromatic carbocycles. The molecule has 1 aromatic heterocycles. The predicted molar refractivity (Wildman–Crippen MR) is 125 cm³/mol. The van der Waals surface area contributed by atoms with Crippen LogP contribution in [-0.4, -0.2) is 39.2 Å². The van der Waals surface area contributed by atoms with Crippen LogP contribution in [0, 0.1) is 13.8 Å². The van der Waals surface area contributed by atoms with Crippen LogP contribution in [-0.2, 0) is 21.2 Å². The molecule has 34 heavy (non-hydrogen) atoms. The number of anilines is 1. The summed E-state index contributed by atoms with van der Waals surface area (Å²) in [6, 6.07) is 12.3. The second kappa shape index (κ2) is 9.22. The number of hydrogen-bond donors (Lipinski definition) is 1. The van der Waals surface area contributed by atoms with Gasteiger partial charge in [-0.15, -0.1) is 0 Å². The molecule has 0 spiro atoms. The van der Waals surface area contributed by atoms with E-state index in [1.54, 1.807) is 38.1 Å². The van der Waals surface area contributed by atoms with Gasteiger partial charge in [-0.1, -0.05) is 0 Å². The molecule has 0 atom stereocenters. The Morgan fingerprint density at radius 2 is 1.71 bits per heavy atom. The van der Waals surface area contributed by atoms with Crippen molar-refractivity contribution < 1.29 is 27.4 Å². The van der Waals surface area contributed by atoms with Crippen LogP contribution in [0.1, 0.15) is 11.3 Å². The molecule has 3 aromatic rings. The largest absolute Gasteiger partial charge is 0.497 e. The van der Waals surface area contributed by atoms with E-state index in [1.165, 1.54) is 31.4 Å². The van der Waals surface area contributed by atoms with Crippen LogP contribution >= 0.6 is 0 Å². The minimum atomic E-state index is -4.12. The Morgan fingerprint density at radius 1 is 1.03 bits per heavy atom. The van der Waals surface area contributed by atoms with Crippen molar-refractivity contribution in [2.75, 3.05) is 25.6 Å². The van der Waals surface area contributed by atoms with E-state index in [0.29, 0.717) is 47.4 Å². The number of aromatic nitrogens is 1. The standard InChI is InChI=1S/C24H24N2O7S/c1-15-12-16(2)26(14-22(27)25-17-4-9-20-21(13-17)33-11-10-32-20)24(28)23(15)34(29,30)19-7-5-18(31-3)6-8-19/h4-9,12-13H,10-11,14H2,1-3H3,(H,25,27). The molecular weight excluding hydrogens is 460 g/mol. The van der Waals surface area contributed by atoms with E-state index in [1.807, 2.05) is 0 Å². The van der Waals surface area contributed by atoms with Crippen LogP contribution in [0.2, 0.25) is 0 Å². The van der Waals surface area contributed by atoms with E-state index in [4.69, 9.17) is 14.2 Å². The molecule has 9 nitrogen and oxygen atoms in total. The predicted octanol–water partition coefficient (Wildman–Crippen LogP) is 2.72. The van der Waals surface area contributed by atoms with Gasteiger partial charge in [-0.2, -0.15) is 0 Å². The summed E-state index contributed by atoms with van der Waals surface area (Å²) in [6.45, 7) is 3.72. The monoisotopic (exact) mass is 484 g/mol. The minimum Gasteiger partial charge on any atom is -0.497 e. The number of hydrogen-bond acceptors (Lipinski definition) is 7. The normalized spacial score (nSPS) is 12.8. The number of nitrogens with zero attached hydrogens (tertiary/aromatic N) is 1. The van der Waals surface area contributed by atoms with Gasteiger partial charge in [0.05, 0.1) is 12.0 Å². The molecule has 0 unspecified atom stereocenters. The average molecular weight is 485 g/mol. The van der Waals surface area contributed by atoms with E-state index >= 15 is 0 Å². The highest BCUT2D eigenvalue weighted by Crippen LogP contribution is 2.32. The van der Waals surface area contributed by atoms with E-state index in [-0.39, 0.29) is 16.3 Å². The Labute approximate surface area is 196 Å². The highest BCUT2D eigenvalue weighted by Gasteiger charge is 2.26. The molecule has 2 heterocycles. The van der Waals surface area contributed by atoms with Crippen molar-refractivity contribution in [3.8, 4) is 17.2 Å². The fraction of sp³-hybridized carbons (Fsp3) is 0.250. The van der Waals surface area contributed by atoms with Gasteiger partial charge in [-0.05, 0) is 61.9 Å². The second-order valence-corrected chi connectivity index (χ2v) is 9.66. The molecule has 1 aliphatic heterocycles. The summed E-state index contributed by atoms with van der Waals surface area (Å²) in [5.41, 5.74) is 0.485. The molecule has 0 saturated heterocycles. The van der Waals surface area contributed by atoms with Crippen molar-refractivity contribution in [2.45, 2.75) is 30.2 Å². The van der Waals surface area contributed by atoms with E-state index < -0.39 is 21.3 Å². The minimum absolute atomic E-state index is 0.0374. The molecule has 0 bridgehead atoms. The average Bonchev–Trinajstić information content (AvgIpc) is 2.81. The van der Waals surface area contributed by atoms with Crippen molar-refractivity contribution in [1.29, 1.82) is 0 Å². The Bertz CT molecular complexity index is 1410. The Kier molecular flexibility index (Phi) is 6.34. The van der Waals surface area contributed by atoms with E-state index in [9.17, 15) is 18.0 Å². The number of ether oxygens (including phenoxy) is 3. The number of sulfone groups is 1. The summed E-state index contributed by atoms with van der Waals surface area (Å²) in [4.78, 5) is 25.6. The number of aryl methyl sites for hydroxylation is 2. The number of pyridine rings is 1. The van der Waals surface area contributed by atoms with Gasteiger partial charge in [0.15, 0.2) is 11.5 Å². The van der Waals surface area contributed by atoms with Gasteiger partial charge in [0, 0.05) is 17.4 Å². The zero-order valence-corrected chi connectivity index (χ0v) is 19.8. The lowest BCUT2D eigenvalue weighted by Crippen LogP contribution is -2.33. The van der Waals surface area contributed by atoms with Gasteiger partial charge in [-0.25, -0.2) is 8.42 Å². The third kappa shape index (κ3) is 4.49. The molecular formula is C24H24N2O7S. The zero-order chi connectivity index (χ0) is 24.5. The maximum Gasteiger partial charge on any atom is 0.270 e. The van der Waals surface area contributed by atoms with E-state index in [2.05, 4.69) is 5.32 Å². The van der Waals surface area contributed by atoms with Crippen LogP contribution in [0.5, 0.6) is 17.2 Å². The highest BCUT2D eigenvalue weighted by atomic mass is 32.2. The Balaban J connectivity index is 1.63. The number of fused-ring (bicyclic) bond motifs is 1. The van der Waals surface area contributed by atoms with Gasteiger partial charge < -0.3 is 24.1 Å². The fourth-order valence-corrected chi connectivity index (χ4v) is 5.32. The van der Waals surface area contributed by atoms with Gasteiger partial charge in [0.1, 0.15) is 30.4 Å². The van der Waals surface area contributed by atoms with E-state index in [0.717, 1.165) is 4.57 Å². The molecule has 1 N–H and O–H groups in total. The molecule has 1 aliphatic rings. The molecule has 178 valence electrons. The third-order valence-electron chi connectivity index (χ3n) is 5.41. The van der Waals surface area contributed by atoms with Crippen LogP contribution in [0.25, 0.3) is 0 Å². The summed E-state index contributed by atoms with van der Waals surface area (Å²) in [7, 11) is -2.65. The maximum atomic E-state index is 13.3. The van der Waals surface area contributed by atoms with Gasteiger partial charge in [0.2, 0.25) is 15.7 Å². The first-order valence-corrected chi connectivity index (χ1v) is 12.0. The van der Waals surface area contributed by atoms with Crippen molar-refractivity contribution in [1.82, 2.24) is 4.57 Å². The number of carbonyl (C=O) groups is 1. The molecule has 0 saturated carbocycles. The Hall–Kier alpha value is -3.79. The summed E-state index contributed by atoms with van der Waals surface area (Å²) in [5, 5.41) is 2.71. The van der Waals surface area contributed by atoms with Crippen molar-refractivity contribution in [2.24, 2.45) is 0 Å². The second-order valence-electron chi connectivity index (χ2n) is 7.77. The summed E-state index contributed by atoms with van der Waals surface area (Å²) >= 11 is 0. The molecule has 0 aliphatic carbocycles. The van der Waals surface area contributed by atoms with Crippen molar-refractivity contribution in [3.05, 3.63) is 70.1 Å². The van der Waals surface area contributed by atoms with Gasteiger partial charge in [-0.3, -0.25) is 9.59 Å². The van der Waals surface area contributed by atoms with Crippen LogP contribution in [0.3, 0.4) is 0 Å². The molecule has 0 radical (unpaired) electrons. The summed E-state index contributed by atoms with van der Waals surface area (Å²) in [6.07, 6.45) is 0. The molecule has 1 amide bonds. The number of amides is 1. The first kappa shape index (κ1) is 23.4. The third-order valence-corrected chi connectivity index (χ3v) is 7.34. The van der Waals surface area contributed by atoms with Crippen LogP contribution in [0.15, 0.2) is 63.1 Å². The topological polar surface area (TPSA) is 113 Å².